The topological polar surface area (TPSA) is 12.9 Å². The fourth-order valence-corrected chi connectivity index (χ4v) is 4.73. The van der Waals surface area contributed by atoms with Crippen molar-refractivity contribution in [3.8, 4) is 22.3 Å². The van der Waals surface area contributed by atoms with E-state index in [1.54, 1.807) is 0 Å². The highest BCUT2D eigenvalue weighted by atomic mass is 19.1. The molecule has 2 aromatic carbocycles. The van der Waals surface area contributed by atoms with Crippen molar-refractivity contribution >= 4 is 0 Å². The first-order valence-electron chi connectivity index (χ1n) is 14.1. The monoisotopic (exact) mass is 473 g/mol. The summed E-state index contributed by atoms with van der Waals surface area (Å²) < 4.78 is 14.8. The van der Waals surface area contributed by atoms with Gasteiger partial charge < -0.3 is 0 Å². The number of unbranched alkanes of at least 4 members (excludes halogenated alkanes) is 10. The molecule has 0 aliphatic heterocycles. The summed E-state index contributed by atoms with van der Waals surface area (Å²) in [6.07, 6.45) is 17.4. The maximum atomic E-state index is 14.8. The van der Waals surface area contributed by atoms with E-state index in [1.807, 2.05) is 24.3 Å². The third kappa shape index (κ3) is 9.24. The van der Waals surface area contributed by atoms with Crippen molar-refractivity contribution in [1.82, 2.24) is 4.98 Å². The number of benzene rings is 2. The van der Waals surface area contributed by atoms with Gasteiger partial charge in [-0.3, -0.25) is 0 Å². The zero-order valence-electron chi connectivity index (χ0n) is 22.0. The Labute approximate surface area is 213 Å². The minimum Gasteiger partial charge on any atom is -0.224 e. The maximum absolute atomic E-state index is 14.8. The minimum atomic E-state index is -0.360. The summed E-state index contributed by atoms with van der Waals surface area (Å²) in [4.78, 5) is 4.26. The van der Waals surface area contributed by atoms with E-state index < -0.39 is 0 Å². The number of rotatable bonds is 16. The summed E-state index contributed by atoms with van der Waals surface area (Å²) in [7, 11) is 0. The maximum Gasteiger partial charge on any atom is 0.220 e. The molecule has 1 nitrogen and oxygen atoms in total. The molecule has 2 heteroatoms. The summed E-state index contributed by atoms with van der Waals surface area (Å²) in [5.74, 6) is -0.360. The second kappa shape index (κ2) is 15.5. The molecule has 0 radical (unpaired) electrons. The summed E-state index contributed by atoms with van der Waals surface area (Å²) in [6.45, 7) is 4.50. The minimum absolute atomic E-state index is 0.360. The fourth-order valence-electron chi connectivity index (χ4n) is 4.73. The zero-order valence-corrected chi connectivity index (χ0v) is 22.0. The predicted octanol–water partition coefficient (Wildman–Crippen LogP) is 10.4. The first kappa shape index (κ1) is 27.1. The molecule has 0 aliphatic rings. The molecule has 35 heavy (non-hydrogen) atoms. The standard InChI is InChI=1S/C33H44FN/c1-3-5-7-9-10-12-14-16-31-25-26-32(33(34)35-31)30-23-21-29(22-24-30)28-19-17-27(18-20-28)15-13-11-8-6-4-2/h17-26H,3-16H2,1-2H3. The normalized spacial score (nSPS) is 11.2. The third-order valence-electron chi connectivity index (χ3n) is 7.00. The number of halogens is 1. The van der Waals surface area contributed by atoms with Gasteiger partial charge in [-0.1, -0.05) is 127 Å². The van der Waals surface area contributed by atoms with E-state index in [0.717, 1.165) is 36.1 Å². The molecule has 188 valence electrons. The van der Waals surface area contributed by atoms with Gasteiger partial charge in [-0.2, -0.15) is 4.39 Å². The third-order valence-corrected chi connectivity index (χ3v) is 7.00. The van der Waals surface area contributed by atoms with Crippen LogP contribution >= 0.6 is 0 Å². The van der Waals surface area contributed by atoms with Gasteiger partial charge in [0.15, 0.2) is 0 Å². The van der Waals surface area contributed by atoms with Crippen LogP contribution in [0.3, 0.4) is 0 Å². The fraction of sp³-hybridized carbons (Fsp3) is 0.485. The predicted molar refractivity (Wildman–Crippen MR) is 149 cm³/mol. The summed E-state index contributed by atoms with van der Waals surface area (Å²) in [5, 5.41) is 0. The Morgan fingerprint density at radius 1 is 0.514 bits per heavy atom. The number of nitrogens with zero attached hydrogens (tertiary/aromatic N) is 1. The average Bonchev–Trinajstić information content (AvgIpc) is 2.89. The average molecular weight is 474 g/mol. The van der Waals surface area contributed by atoms with Gasteiger partial charge in [-0.25, -0.2) is 4.98 Å². The summed E-state index contributed by atoms with van der Waals surface area (Å²) in [5.41, 5.74) is 6.10. The van der Waals surface area contributed by atoms with E-state index in [1.165, 1.54) is 81.8 Å². The molecule has 0 spiro atoms. The van der Waals surface area contributed by atoms with E-state index in [2.05, 4.69) is 55.2 Å². The largest absolute Gasteiger partial charge is 0.224 e. The molecule has 0 fully saturated rings. The molecule has 0 aliphatic carbocycles. The summed E-state index contributed by atoms with van der Waals surface area (Å²) in [6, 6.07) is 21.0. The van der Waals surface area contributed by atoms with Crippen LogP contribution in [0.15, 0.2) is 60.7 Å². The Balaban J connectivity index is 1.51. The molecule has 0 atom stereocenters. The van der Waals surface area contributed by atoms with Gasteiger partial charge in [-0.15, -0.1) is 0 Å². The molecule has 0 bridgehead atoms. The lowest BCUT2D eigenvalue weighted by molar-refractivity contribution is 0.566. The van der Waals surface area contributed by atoms with Gasteiger partial charge in [0, 0.05) is 11.3 Å². The Kier molecular flexibility index (Phi) is 12.0. The lowest BCUT2D eigenvalue weighted by atomic mass is 9.98. The molecule has 1 aromatic heterocycles. The van der Waals surface area contributed by atoms with Crippen LogP contribution in [0, 0.1) is 5.95 Å². The van der Waals surface area contributed by atoms with E-state index in [4.69, 9.17) is 0 Å². The molecular formula is C33H44FN. The molecule has 0 saturated carbocycles. The van der Waals surface area contributed by atoms with E-state index in [9.17, 15) is 4.39 Å². The van der Waals surface area contributed by atoms with Crippen molar-refractivity contribution in [2.75, 3.05) is 0 Å². The number of hydrogen-bond acceptors (Lipinski definition) is 1. The molecule has 0 unspecified atom stereocenters. The highest BCUT2D eigenvalue weighted by Crippen LogP contribution is 2.27. The van der Waals surface area contributed by atoms with Crippen LogP contribution in [0.5, 0.6) is 0 Å². The van der Waals surface area contributed by atoms with Gasteiger partial charge >= 0.3 is 0 Å². The SMILES string of the molecule is CCCCCCCCCc1ccc(-c2ccc(-c3ccc(CCCCCCC)cc3)cc2)c(F)n1. The lowest BCUT2D eigenvalue weighted by Crippen LogP contribution is -1.96. The van der Waals surface area contributed by atoms with Crippen molar-refractivity contribution in [2.45, 2.75) is 104 Å². The number of aryl methyl sites for hydroxylation is 2. The Morgan fingerprint density at radius 2 is 1.00 bits per heavy atom. The second-order valence-corrected chi connectivity index (χ2v) is 9.95. The zero-order chi connectivity index (χ0) is 24.7. The molecular weight excluding hydrogens is 429 g/mol. The first-order valence-corrected chi connectivity index (χ1v) is 14.1. The van der Waals surface area contributed by atoms with Gasteiger partial charge in [0.05, 0.1) is 0 Å². The highest BCUT2D eigenvalue weighted by molar-refractivity contribution is 5.70. The van der Waals surface area contributed by atoms with Crippen molar-refractivity contribution in [3.63, 3.8) is 0 Å². The van der Waals surface area contributed by atoms with Gasteiger partial charge in [0.1, 0.15) is 0 Å². The van der Waals surface area contributed by atoms with Crippen LogP contribution in [-0.4, -0.2) is 4.98 Å². The Morgan fingerprint density at radius 3 is 1.57 bits per heavy atom. The van der Waals surface area contributed by atoms with Crippen LogP contribution < -0.4 is 0 Å². The Hall–Kier alpha value is -2.48. The van der Waals surface area contributed by atoms with Gasteiger partial charge in [-0.05, 0) is 60.1 Å². The molecule has 0 saturated heterocycles. The van der Waals surface area contributed by atoms with Crippen molar-refractivity contribution < 1.29 is 4.39 Å². The Bertz CT molecular complexity index is 975. The number of pyridine rings is 1. The van der Waals surface area contributed by atoms with Crippen molar-refractivity contribution in [3.05, 3.63) is 77.9 Å². The smallest absolute Gasteiger partial charge is 0.220 e. The van der Waals surface area contributed by atoms with Crippen LogP contribution in [0.4, 0.5) is 4.39 Å². The van der Waals surface area contributed by atoms with Crippen LogP contribution in [0.2, 0.25) is 0 Å². The molecule has 1 heterocycles. The van der Waals surface area contributed by atoms with E-state index >= 15 is 0 Å². The van der Waals surface area contributed by atoms with E-state index in [-0.39, 0.29) is 5.95 Å². The van der Waals surface area contributed by atoms with Crippen LogP contribution in [0.1, 0.15) is 102 Å². The number of hydrogen-bond donors (Lipinski definition) is 0. The quantitative estimate of drug-likeness (QED) is 0.149. The van der Waals surface area contributed by atoms with Crippen LogP contribution in [-0.2, 0) is 12.8 Å². The highest BCUT2D eigenvalue weighted by Gasteiger charge is 2.09. The van der Waals surface area contributed by atoms with Gasteiger partial charge in [0.2, 0.25) is 5.95 Å². The second-order valence-electron chi connectivity index (χ2n) is 9.95. The molecule has 0 N–H and O–H groups in total. The lowest BCUT2D eigenvalue weighted by Gasteiger charge is -2.08. The summed E-state index contributed by atoms with van der Waals surface area (Å²) >= 11 is 0. The van der Waals surface area contributed by atoms with Crippen LogP contribution in [0.25, 0.3) is 22.3 Å². The molecule has 0 amide bonds. The number of aromatic nitrogens is 1. The van der Waals surface area contributed by atoms with Crippen molar-refractivity contribution in [2.24, 2.45) is 0 Å². The van der Waals surface area contributed by atoms with E-state index in [0.29, 0.717) is 5.56 Å². The molecule has 3 rings (SSSR count). The van der Waals surface area contributed by atoms with Crippen molar-refractivity contribution in [1.29, 1.82) is 0 Å². The first-order chi connectivity index (χ1) is 17.2. The van der Waals surface area contributed by atoms with Gasteiger partial charge in [0.25, 0.3) is 0 Å². The molecule has 3 aromatic rings.